The van der Waals surface area contributed by atoms with Crippen LogP contribution in [0.5, 0.6) is 0 Å². The van der Waals surface area contributed by atoms with E-state index in [1.54, 1.807) is 6.21 Å². The van der Waals surface area contributed by atoms with Crippen molar-refractivity contribution < 1.29 is 4.65 Å². The highest BCUT2D eigenvalue weighted by Gasteiger charge is 2.36. The van der Waals surface area contributed by atoms with Crippen molar-refractivity contribution in [2.75, 3.05) is 6.67 Å². The van der Waals surface area contributed by atoms with Gasteiger partial charge in [0.1, 0.15) is 6.04 Å². The summed E-state index contributed by atoms with van der Waals surface area (Å²) >= 11 is 0. The van der Waals surface area contributed by atoms with Crippen LogP contribution < -0.4 is 0 Å². The zero-order chi connectivity index (χ0) is 10.2. The first kappa shape index (κ1) is 9.62. The Morgan fingerprint density at radius 1 is 1.57 bits per heavy atom. The Labute approximate surface area is 84.6 Å². The zero-order valence-electron chi connectivity index (χ0n) is 8.73. The molecule has 0 saturated carbocycles. The first-order valence-electron chi connectivity index (χ1n) is 5.23. The first-order chi connectivity index (χ1) is 6.72. The lowest BCUT2D eigenvalue weighted by atomic mass is 10.0. The van der Waals surface area contributed by atoms with Gasteiger partial charge in [0.25, 0.3) is 0 Å². The minimum atomic E-state index is -0.254. The fraction of sp³-hybridized carbons (Fsp3) is 0.545. The molecule has 0 amide bonds. The highest BCUT2D eigenvalue weighted by Crippen LogP contribution is 2.34. The van der Waals surface area contributed by atoms with E-state index in [4.69, 9.17) is 0 Å². The third-order valence-electron chi connectivity index (χ3n) is 3.10. The van der Waals surface area contributed by atoms with Crippen molar-refractivity contribution in [1.82, 2.24) is 0 Å². The molecule has 3 heteroatoms. The van der Waals surface area contributed by atoms with Crippen molar-refractivity contribution in [3.63, 3.8) is 0 Å². The maximum atomic E-state index is 12.5. The Balaban J connectivity index is 2.44. The number of fused-ring (bicyclic) bond motifs is 1. The summed E-state index contributed by atoms with van der Waals surface area (Å²) in [6.45, 7) is 4.50. The van der Waals surface area contributed by atoms with E-state index in [1.807, 2.05) is 6.08 Å². The van der Waals surface area contributed by atoms with Crippen molar-refractivity contribution >= 4 is 6.21 Å². The molecule has 76 valence electrons. The number of hydrogen-bond acceptors (Lipinski definition) is 2. The van der Waals surface area contributed by atoms with Gasteiger partial charge in [-0.2, -0.15) is 0 Å². The highest BCUT2D eigenvalue weighted by molar-refractivity contribution is 5.79. The summed E-state index contributed by atoms with van der Waals surface area (Å²) in [4.78, 5) is 4.13. The second-order valence-corrected chi connectivity index (χ2v) is 3.85. The molecular formula is C11H16N2O. The van der Waals surface area contributed by atoms with Crippen molar-refractivity contribution in [2.24, 2.45) is 4.99 Å². The molecule has 2 aliphatic heterocycles. The summed E-state index contributed by atoms with van der Waals surface area (Å²) in [5.41, 5.74) is 2.02. The van der Waals surface area contributed by atoms with Gasteiger partial charge >= 0.3 is 0 Å². The molecule has 0 spiro atoms. The summed E-state index contributed by atoms with van der Waals surface area (Å²) in [5.74, 6) is 0. The summed E-state index contributed by atoms with van der Waals surface area (Å²) in [5, 5.41) is 12.5. The van der Waals surface area contributed by atoms with E-state index in [1.165, 1.54) is 0 Å². The van der Waals surface area contributed by atoms with Gasteiger partial charge in [-0.1, -0.05) is 19.9 Å². The largest absolute Gasteiger partial charge is 0.625 e. The van der Waals surface area contributed by atoms with Gasteiger partial charge in [-0.05, 0) is 12.5 Å². The summed E-state index contributed by atoms with van der Waals surface area (Å²) < 4.78 is -0.254. The molecule has 0 radical (unpaired) electrons. The van der Waals surface area contributed by atoms with Gasteiger partial charge in [0.05, 0.1) is 6.21 Å². The smallest absolute Gasteiger partial charge is 0.177 e. The van der Waals surface area contributed by atoms with Crippen LogP contribution in [0, 0.1) is 5.21 Å². The minimum absolute atomic E-state index is 0.0581. The molecule has 0 N–H and O–H groups in total. The molecule has 2 atom stereocenters. The Morgan fingerprint density at radius 2 is 2.36 bits per heavy atom. The van der Waals surface area contributed by atoms with Crippen LogP contribution in [0.25, 0.3) is 0 Å². The van der Waals surface area contributed by atoms with Crippen LogP contribution in [0.1, 0.15) is 26.7 Å². The summed E-state index contributed by atoms with van der Waals surface area (Å²) in [6, 6.07) is 0.0581. The zero-order valence-corrected chi connectivity index (χ0v) is 8.73. The van der Waals surface area contributed by atoms with Gasteiger partial charge in [-0.15, -0.1) is 0 Å². The van der Waals surface area contributed by atoms with E-state index < -0.39 is 0 Å². The molecule has 0 bridgehead atoms. The SMILES string of the molecule is CCC1=C2C=NC[N+]2([O-])C(CC)C=C1. The molecule has 0 aromatic carbocycles. The van der Waals surface area contributed by atoms with Crippen molar-refractivity contribution in [1.29, 1.82) is 0 Å². The molecule has 0 fully saturated rings. The molecule has 3 nitrogen and oxygen atoms in total. The molecule has 2 rings (SSSR count). The topological polar surface area (TPSA) is 35.4 Å². The van der Waals surface area contributed by atoms with Crippen molar-refractivity contribution in [3.8, 4) is 0 Å². The van der Waals surface area contributed by atoms with E-state index in [0.29, 0.717) is 6.67 Å². The van der Waals surface area contributed by atoms with Gasteiger partial charge in [-0.25, -0.2) is 4.99 Å². The average Bonchev–Trinajstić information content (AvgIpc) is 2.58. The second-order valence-electron chi connectivity index (χ2n) is 3.85. The average molecular weight is 192 g/mol. The predicted molar refractivity (Wildman–Crippen MR) is 57.5 cm³/mol. The minimum Gasteiger partial charge on any atom is -0.625 e. The lowest BCUT2D eigenvalue weighted by molar-refractivity contribution is -0.852. The van der Waals surface area contributed by atoms with Gasteiger partial charge in [-0.3, -0.25) is 0 Å². The predicted octanol–water partition coefficient (Wildman–Crippen LogP) is 2.36. The number of hydrogen-bond donors (Lipinski definition) is 0. The number of rotatable bonds is 2. The monoisotopic (exact) mass is 192 g/mol. The lowest BCUT2D eigenvalue weighted by Gasteiger charge is -2.45. The third kappa shape index (κ3) is 1.16. The normalized spacial score (nSPS) is 35.2. The maximum absolute atomic E-state index is 12.5. The molecule has 14 heavy (non-hydrogen) atoms. The van der Waals surface area contributed by atoms with Gasteiger partial charge in [0.2, 0.25) is 0 Å². The quantitative estimate of drug-likeness (QED) is 0.488. The van der Waals surface area contributed by atoms with Crippen LogP contribution >= 0.6 is 0 Å². The number of quaternary nitrogens is 1. The van der Waals surface area contributed by atoms with Crippen LogP contribution in [0.2, 0.25) is 0 Å². The van der Waals surface area contributed by atoms with Crippen LogP contribution in [-0.2, 0) is 0 Å². The number of allylic oxidation sites excluding steroid dienone is 3. The Hall–Kier alpha value is -0.930. The number of aliphatic imine (C=N–C) groups is 1. The van der Waals surface area contributed by atoms with Crippen LogP contribution in [0.15, 0.2) is 28.4 Å². The molecule has 0 aliphatic carbocycles. The van der Waals surface area contributed by atoms with Crippen molar-refractivity contribution in [3.05, 3.63) is 28.6 Å². The summed E-state index contributed by atoms with van der Waals surface area (Å²) in [7, 11) is 0. The van der Waals surface area contributed by atoms with E-state index in [2.05, 4.69) is 24.9 Å². The fourth-order valence-corrected chi connectivity index (χ4v) is 2.21. The molecule has 0 saturated heterocycles. The van der Waals surface area contributed by atoms with Crippen LogP contribution in [0.4, 0.5) is 0 Å². The van der Waals surface area contributed by atoms with Crippen LogP contribution in [-0.4, -0.2) is 23.6 Å². The van der Waals surface area contributed by atoms with E-state index in [9.17, 15) is 5.21 Å². The third-order valence-corrected chi connectivity index (χ3v) is 3.10. The molecule has 0 aromatic heterocycles. The summed E-state index contributed by atoms with van der Waals surface area (Å²) in [6.07, 6.45) is 7.69. The van der Waals surface area contributed by atoms with E-state index in [0.717, 1.165) is 24.1 Å². The fourth-order valence-electron chi connectivity index (χ4n) is 2.21. The lowest BCUT2D eigenvalue weighted by Crippen LogP contribution is -2.48. The first-order valence-corrected chi connectivity index (χ1v) is 5.23. The Bertz CT molecular complexity index is 330. The van der Waals surface area contributed by atoms with E-state index >= 15 is 0 Å². The van der Waals surface area contributed by atoms with Gasteiger partial charge in [0, 0.05) is 12.0 Å². The molecule has 2 heterocycles. The standard InChI is InChI=1S/C11H16N2O/c1-3-9-5-6-10(4-2)13(14)8-12-7-11(9)13/h5-7,10H,3-4,8H2,1-2H3. The Kier molecular flexibility index (Phi) is 2.29. The highest BCUT2D eigenvalue weighted by atomic mass is 16.6. The molecule has 0 aromatic rings. The van der Waals surface area contributed by atoms with Crippen LogP contribution in [0.3, 0.4) is 0 Å². The van der Waals surface area contributed by atoms with Gasteiger partial charge < -0.3 is 9.85 Å². The van der Waals surface area contributed by atoms with Crippen molar-refractivity contribution in [2.45, 2.75) is 32.7 Å². The number of hydroxylamine groups is 3. The molecule has 2 aliphatic rings. The number of nitrogens with zero attached hydrogens (tertiary/aromatic N) is 2. The second kappa shape index (κ2) is 3.33. The molecular weight excluding hydrogens is 176 g/mol. The molecule has 2 unspecified atom stereocenters. The van der Waals surface area contributed by atoms with E-state index in [-0.39, 0.29) is 10.7 Å². The maximum Gasteiger partial charge on any atom is 0.177 e. The van der Waals surface area contributed by atoms with Gasteiger partial charge in [0.15, 0.2) is 12.4 Å². The Morgan fingerprint density at radius 3 is 3.00 bits per heavy atom.